The van der Waals surface area contributed by atoms with E-state index >= 15 is 0 Å². The molecule has 7 nitrogen and oxygen atoms in total. The Balaban J connectivity index is 0.00000289. The fourth-order valence-corrected chi connectivity index (χ4v) is 3.47. The molecule has 0 aliphatic carbocycles. The molecule has 4 N–H and O–H groups in total. The molecule has 2 amide bonds. The van der Waals surface area contributed by atoms with Gasteiger partial charge in [0.05, 0.1) is 11.1 Å². The first-order chi connectivity index (χ1) is 15.0. The van der Waals surface area contributed by atoms with Gasteiger partial charge in [0.2, 0.25) is 5.91 Å². The number of nitrogens with one attached hydrogen (secondary N) is 2. The third kappa shape index (κ3) is 5.12. The minimum absolute atomic E-state index is 0. The molecule has 2 aromatic heterocycles. The molecule has 8 heteroatoms. The Bertz CT molecular complexity index is 1220. The van der Waals surface area contributed by atoms with E-state index in [1.165, 1.54) is 0 Å². The average molecular weight is 450 g/mol. The number of aromatic amines is 1. The van der Waals surface area contributed by atoms with E-state index in [0.29, 0.717) is 34.8 Å². The molecule has 4 rings (SSSR count). The van der Waals surface area contributed by atoms with Gasteiger partial charge in [0.25, 0.3) is 5.91 Å². The van der Waals surface area contributed by atoms with Crippen LogP contribution in [0.1, 0.15) is 29.8 Å². The first-order valence-electron chi connectivity index (χ1n) is 9.75. The smallest absolute Gasteiger partial charge is 0.254 e. The summed E-state index contributed by atoms with van der Waals surface area (Å²) in [7, 11) is 0. The number of H-pyrrole nitrogens is 1. The average Bonchev–Trinajstić information content (AvgIpc) is 3.22. The van der Waals surface area contributed by atoms with Crippen LogP contribution in [0.25, 0.3) is 22.4 Å². The number of hydrogen-bond acceptors (Lipinski definition) is 4. The molecule has 0 aliphatic rings. The molecular formula is C24H24ClN5O2. The fraction of sp³-hybridized carbons (Fsp3) is 0.167. The van der Waals surface area contributed by atoms with Crippen LogP contribution in [0.3, 0.4) is 0 Å². The van der Waals surface area contributed by atoms with Crippen LogP contribution in [0.2, 0.25) is 5.02 Å². The van der Waals surface area contributed by atoms with Crippen LogP contribution in [0.5, 0.6) is 0 Å². The zero-order valence-corrected chi connectivity index (χ0v) is 17.3. The highest BCUT2D eigenvalue weighted by Crippen LogP contribution is 2.22. The molecule has 1 atom stereocenters. The summed E-state index contributed by atoms with van der Waals surface area (Å²) >= 11 is 5.91. The van der Waals surface area contributed by atoms with Crippen molar-refractivity contribution in [1.29, 1.82) is 0 Å². The van der Waals surface area contributed by atoms with E-state index in [1.807, 2.05) is 30.3 Å². The lowest BCUT2D eigenvalue weighted by molar-refractivity contribution is -0.120. The standard InChI is InChI=1S/C23H20ClN5O2.CH4/c24-16-7-4-14(5-8-16)6-9-19(21(25)30)28-23(31)17-2-1-3-18-20(17)29-22(27-18)15-10-12-26-13-11-15;/h1-5,7-8,10-13,19H,6,9H2,(H2,25,30)(H,27,29)(H,28,31);1H4/t19-;/m0./s1. The molecule has 0 saturated heterocycles. The molecule has 2 aromatic carbocycles. The maximum absolute atomic E-state index is 13.0. The molecule has 0 aliphatic heterocycles. The van der Waals surface area contributed by atoms with Crippen molar-refractivity contribution in [3.63, 3.8) is 0 Å². The monoisotopic (exact) mass is 449 g/mol. The largest absolute Gasteiger partial charge is 0.368 e. The summed E-state index contributed by atoms with van der Waals surface area (Å²) in [5.74, 6) is -0.362. The van der Waals surface area contributed by atoms with E-state index < -0.39 is 17.9 Å². The van der Waals surface area contributed by atoms with Crippen molar-refractivity contribution in [1.82, 2.24) is 20.3 Å². The number of rotatable bonds is 7. The van der Waals surface area contributed by atoms with Crippen LogP contribution in [0, 0.1) is 0 Å². The molecule has 0 bridgehead atoms. The Kier molecular flexibility index (Phi) is 7.22. The minimum atomic E-state index is -0.808. The first-order valence-corrected chi connectivity index (χ1v) is 10.1. The topological polar surface area (TPSA) is 114 Å². The second-order valence-electron chi connectivity index (χ2n) is 7.12. The summed E-state index contributed by atoms with van der Waals surface area (Å²) < 4.78 is 0. The number of nitrogens with two attached hydrogens (primary N) is 1. The van der Waals surface area contributed by atoms with Gasteiger partial charge in [0.1, 0.15) is 17.4 Å². The van der Waals surface area contributed by atoms with Gasteiger partial charge in [0, 0.05) is 23.0 Å². The molecule has 0 radical (unpaired) electrons. The van der Waals surface area contributed by atoms with Gasteiger partial charge in [-0.05, 0) is 54.8 Å². The number of halogens is 1. The van der Waals surface area contributed by atoms with Gasteiger partial charge in [-0.25, -0.2) is 4.98 Å². The lowest BCUT2D eigenvalue weighted by Gasteiger charge is -2.15. The summed E-state index contributed by atoms with van der Waals surface area (Å²) in [4.78, 5) is 36.7. The van der Waals surface area contributed by atoms with Crippen LogP contribution in [-0.2, 0) is 11.2 Å². The number of imidazole rings is 1. The Labute approximate surface area is 191 Å². The number of hydrogen-bond donors (Lipinski definition) is 3. The first kappa shape index (κ1) is 23.0. The number of aromatic nitrogens is 3. The second-order valence-corrected chi connectivity index (χ2v) is 7.55. The molecule has 0 fully saturated rings. The number of primary amides is 1. The summed E-state index contributed by atoms with van der Waals surface area (Å²) in [6.45, 7) is 0. The van der Waals surface area contributed by atoms with Crippen molar-refractivity contribution >= 4 is 34.4 Å². The lowest BCUT2D eigenvalue weighted by Crippen LogP contribution is -2.44. The van der Waals surface area contributed by atoms with Gasteiger partial charge in [-0.3, -0.25) is 14.6 Å². The predicted molar refractivity (Wildman–Crippen MR) is 126 cm³/mol. The zero-order chi connectivity index (χ0) is 21.8. The Hall–Kier alpha value is -3.71. The molecule has 164 valence electrons. The van der Waals surface area contributed by atoms with E-state index in [2.05, 4.69) is 20.3 Å². The summed E-state index contributed by atoms with van der Waals surface area (Å²) in [5.41, 5.74) is 9.01. The van der Waals surface area contributed by atoms with Gasteiger partial charge in [-0.15, -0.1) is 0 Å². The molecule has 2 heterocycles. The number of aryl methyl sites for hydroxylation is 1. The van der Waals surface area contributed by atoms with E-state index in [4.69, 9.17) is 17.3 Å². The van der Waals surface area contributed by atoms with Crippen molar-refractivity contribution in [2.45, 2.75) is 26.3 Å². The van der Waals surface area contributed by atoms with Crippen LogP contribution in [-0.4, -0.2) is 32.8 Å². The number of carbonyl (C=O) groups is 2. The van der Waals surface area contributed by atoms with Gasteiger partial charge in [0.15, 0.2) is 0 Å². The van der Waals surface area contributed by atoms with Crippen LogP contribution < -0.4 is 11.1 Å². The minimum Gasteiger partial charge on any atom is -0.368 e. The maximum atomic E-state index is 13.0. The number of carbonyl (C=O) groups excluding carboxylic acids is 2. The van der Waals surface area contributed by atoms with Crippen LogP contribution in [0.15, 0.2) is 67.0 Å². The molecule has 0 saturated carbocycles. The van der Waals surface area contributed by atoms with Crippen LogP contribution in [0.4, 0.5) is 0 Å². The van der Waals surface area contributed by atoms with Crippen molar-refractivity contribution in [3.8, 4) is 11.4 Å². The summed E-state index contributed by atoms with van der Waals surface area (Å²) in [5, 5.41) is 3.39. The van der Waals surface area contributed by atoms with Crippen molar-refractivity contribution < 1.29 is 9.59 Å². The molecule has 0 unspecified atom stereocenters. The van der Waals surface area contributed by atoms with Gasteiger partial charge >= 0.3 is 0 Å². The predicted octanol–water partition coefficient (Wildman–Crippen LogP) is 4.13. The number of amides is 2. The lowest BCUT2D eigenvalue weighted by atomic mass is 10.0. The summed E-state index contributed by atoms with van der Waals surface area (Å²) in [6, 6.07) is 15.5. The number of fused-ring (bicyclic) bond motifs is 1. The van der Waals surface area contributed by atoms with Gasteiger partial charge in [-0.1, -0.05) is 37.2 Å². The van der Waals surface area contributed by atoms with Crippen molar-refractivity contribution in [2.75, 3.05) is 0 Å². The highest BCUT2D eigenvalue weighted by molar-refractivity contribution is 6.30. The number of para-hydroxylation sites is 1. The second kappa shape index (κ2) is 10.1. The van der Waals surface area contributed by atoms with E-state index in [-0.39, 0.29) is 7.43 Å². The molecular weight excluding hydrogens is 426 g/mol. The third-order valence-corrected chi connectivity index (χ3v) is 5.25. The number of pyridine rings is 1. The molecule has 0 spiro atoms. The van der Waals surface area contributed by atoms with Crippen molar-refractivity contribution in [3.05, 3.63) is 83.1 Å². The third-order valence-electron chi connectivity index (χ3n) is 4.99. The Morgan fingerprint density at radius 3 is 2.47 bits per heavy atom. The zero-order valence-electron chi connectivity index (χ0n) is 16.5. The fourth-order valence-electron chi connectivity index (χ4n) is 3.35. The highest BCUT2D eigenvalue weighted by Gasteiger charge is 2.21. The highest BCUT2D eigenvalue weighted by atomic mass is 35.5. The van der Waals surface area contributed by atoms with E-state index in [0.717, 1.165) is 16.6 Å². The van der Waals surface area contributed by atoms with Gasteiger partial charge in [-0.2, -0.15) is 0 Å². The number of nitrogens with zero attached hydrogens (tertiary/aromatic N) is 2. The quantitative estimate of drug-likeness (QED) is 0.393. The maximum Gasteiger partial charge on any atom is 0.254 e. The van der Waals surface area contributed by atoms with Gasteiger partial charge < -0.3 is 16.0 Å². The normalized spacial score (nSPS) is 11.5. The number of benzene rings is 2. The van der Waals surface area contributed by atoms with Crippen LogP contribution >= 0.6 is 11.6 Å². The molecule has 4 aromatic rings. The summed E-state index contributed by atoms with van der Waals surface area (Å²) in [6.07, 6.45) is 4.30. The Morgan fingerprint density at radius 1 is 1.06 bits per heavy atom. The van der Waals surface area contributed by atoms with E-state index in [1.54, 1.807) is 36.7 Å². The molecule has 32 heavy (non-hydrogen) atoms. The Morgan fingerprint density at radius 2 is 1.78 bits per heavy atom. The van der Waals surface area contributed by atoms with Crippen molar-refractivity contribution in [2.24, 2.45) is 5.73 Å². The van der Waals surface area contributed by atoms with E-state index in [9.17, 15) is 9.59 Å². The SMILES string of the molecule is C.NC(=O)[C@H](CCc1ccc(Cl)cc1)NC(=O)c1cccc2[nH]c(-c3ccncc3)nc12.